The molecule has 1 amide bonds. The van der Waals surface area contributed by atoms with Crippen molar-refractivity contribution in [3.05, 3.63) is 53.7 Å². The van der Waals surface area contributed by atoms with E-state index in [0.717, 1.165) is 0 Å². The van der Waals surface area contributed by atoms with E-state index >= 15 is 0 Å². The molecule has 1 aromatic carbocycles. The number of nitrogens with zero attached hydrogens (tertiary/aromatic N) is 1. The van der Waals surface area contributed by atoms with Gasteiger partial charge in [0.05, 0.1) is 13.2 Å². The highest BCUT2D eigenvalue weighted by Gasteiger charge is 2.34. The van der Waals surface area contributed by atoms with Gasteiger partial charge in [-0.25, -0.2) is 9.18 Å². The summed E-state index contributed by atoms with van der Waals surface area (Å²) < 4.78 is 28.8. The summed E-state index contributed by atoms with van der Waals surface area (Å²) in [6.45, 7) is 0.460. The Labute approximate surface area is 142 Å². The van der Waals surface area contributed by atoms with Crippen LogP contribution in [0.2, 0.25) is 0 Å². The maximum atomic E-state index is 12.8. The van der Waals surface area contributed by atoms with Crippen LogP contribution in [0.4, 0.5) is 4.39 Å². The van der Waals surface area contributed by atoms with Crippen LogP contribution in [0, 0.1) is 5.82 Å². The lowest BCUT2D eigenvalue weighted by Crippen LogP contribution is -2.52. The Hall–Kier alpha value is -2.87. The van der Waals surface area contributed by atoms with Crippen molar-refractivity contribution >= 4 is 11.9 Å². The van der Waals surface area contributed by atoms with E-state index in [1.807, 2.05) is 0 Å². The summed E-state index contributed by atoms with van der Waals surface area (Å²) in [6, 6.07) is 7.52. The molecule has 1 aliphatic heterocycles. The molecule has 3 rings (SSSR count). The molecule has 8 heteroatoms. The summed E-state index contributed by atoms with van der Waals surface area (Å²) in [7, 11) is 0. The molecule has 0 radical (unpaired) electrons. The maximum Gasteiger partial charge on any atom is 0.328 e. The molecule has 2 heterocycles. The number of rotatable bonds is 5. The monoisotopic (exact) mass is 349 g/mol. The Kier molecular flexibility index (Phi) is 4.99. The minimum Gasteiger partial charge on any atom is -0.486 e. The molecule has 1 atom stereocenters. The summed E-state index contributed by atoms with van der Waals surface area (Å²) in [5.74, 6) is -1.11. The van der Waals surface area contributed by atoms with E-state index in [0.29, 0.717) is 11.5 Å². The maximum absolute atomic E-state index is 12.8. The predicted octanol–water partition coefficient (Wildman–Crippen LogP) is 1.92. The van der Waals surface area contributed by atoms with Crippen LogP contribution < -0.4 is 4.74 Å². The third kappa shape index (κ3) is 3.97. The number of hydrogen-bond donors (Lipinski definition) is 1. The highest BCUT2D eigenvalue weighted by atomic mass is 19.1. The first-order chi connectivity index (χ1) is 12.0. The van der Waals surface area contributed by atoms with Crippen molar-refractivity contribution in [1.82, 2.24) is 4.90 Å². The molecule has 2 aromatic rings. The second kappa shape index (κ2) is 7.35. The first-order valence-corrected chi connectivity index (χ1v) is 7.63. The third-order valence-corrected chi connectivity index (χ3v) is 3.74. The molecule has 132 valence electrons. The Morgan fingerprint density at radius 1 is 1.24 bits per heavy atom. The third-order valence-electron chi connectivity index (χ3n) is 3.74. The number of furan rings is 1. The van der Waals surface area contributed by atoms with Gasteiger partial charge in [0.25, 0.3) is 5.91 Å². The first-order valence-electron chi connectivity index (χ1n) is 7.63. The van der Waals surface area contributed by atoms with Gasteiger partial charge in [0.15, 0.2) is 11.8 Å². The molecule has 1 aromatic heterocycles. The lowest BCUT2D eigenvalue weighted by atomic mass is 10.2. The number of carbonyl (C=O) groups is 2. The SMILES string of the molecule is O=C(O)[C@H]1COCCN1C(=O)c1ccc(COc2ccc(F)cc2)o1. The van der Waals surface area contributed by atoms with Crippen molar-refractivity contribution in [3.8, 4) is 5.75 Å². The molecule has 1 aliphatic rings. The topological polar surface area (TPSA) is 89.2 Å². The number of carboxylic acid groups (broad SMARTS) is 1. The van der Waals surface area contributed by atoms with Crippen molar-refractivity contribution in [2.75, 3.05) is 19.8 Å². The number of hydrogen-bond acceptors (Lipinski definition) is 5. The zero-order chi connectivity index (χ0) is 17.8. The summed E-state index contributed by atoms with van der Waals surface area (Å²) in [5, 5.41) is 9.19. The molecule has 1 fully saturated rings. The number of morpholine rings is 1. The van der Waals surface area contributed by atoms with Crippen LogP contribution in [-0.4, -0.2) is 47.7 Å². The van der Waals surface area contributed by atoms with E-state index in [1.165, 1.54) is 35.2 Å². The van der Waals surface area contributed by atoms with Gasteiger partial charge in [-0.05, 0) is 36.4 Å². The Balaban J connectivity index is 1.64. The van der Waals surface area contributed by atoms with Crippen LogP contribution in [0.3, 0.4) is 0 Å². The molecular weight excluding hydrogens is 333 g/mol. The largest absolute Gasteiger partial charge is 0.486 e. The van der Waals surface area contributed by atoms with E-state index in [-0.39, 0.29) is 37.9 Å². The summed E-state index contributed by atoms with van der Waals surface area (Å²) >= 11 is 0. The Bertz CT molecular complexity index is 757. The number of carbonyl (C=O) groups excluding carboxylic acids is 1. The lowest BCUT2D eigenvalue weighted by Gasteiger charge is -2.32. The van der Waals surface area contributed by atoms with Gasteiger partial charge in [-0.3, -0.25) is 4.79 Å². The molecule has 7 nitrogen and oxygen atoms in total. The van der Waals surface area contributed by atoms with Crippen LogP contribution in [0.25, 0.3) is 0 Å². The van der Waals surface area contributed by atoms with Crippen LogP contribution in [-0.2, 0) is 16.1 Å². The first kappa shape index (κ1) is 17.0. The Morgan fingerprint density at radius 3 is 2.72 bits per heavy atom. The zero-order valence-electron chi connectivity index (χ0n) is 13.2. The minimum absolute atomic E-state index is 0.0332. The lowest BCUT2D eigenvalue weighted by molar-refractivity contribution is -0.147. The zero-order valence-corrected chi connectivity index (χ0v) is 13.2. The number of aliphatic carboxylic acids is 1. The molecule has 0 bridgehead atoms. The molecule has 1 saturated heterocycles. The average Bonchev–Trinajstić information content (AvgIpc) is 3.09. The predicted molar refractivity (Wildman–Crippen MR) is 82.7 cm³/mol. The average molecular weight is 349 g/mol. The van der Waals surface area contributed by atoms with Crippen LogP contribution in [0.5, 0.6) is 5.75 Å². The van der Waals surface area contributed by atoms with Crippen molar-refractivity contribution in [2.24, 2.45) is 0 Å². The van der Waals surface area contributed by atoms with E-state index in [9.17, 15) is 19.1 Å². The van der Waals surface area contributed by atoms with Crippen molar-refractivity contribution in [1.29, 1.82) is 0 Å². The molecular formula is C17H16FNO6. The molecule has 0 spiro atoms. The van der Waals surface area contributed by atoms with Gasteiger partial charge in [-0.1, -0.05) is 0 Å². The van der Waals surface area contributed by atoms with Gasteiger partial charge in [0.1, 0.15) is 23.9 Å². The number of benzene rings is 1. The van der Waals surface area contributed by atoms with E-state index in [1.54, 1.807) is 6.07 Å². The fraction of sp³-hybridized carbons (Fsp3) is 0.294. The van der Waals surface area contributed by atoms with Gasteiger partial charge in [-0.15, -0.1) is 0 Å². The van der Waals surface area contributed by atoms with Crippen molar-refractivity contribution < 1.29 is 33.0 Å². The molecule has 0 aliphatic carbocycles. The van der Waals surface area contributed by atoms with Gasteiger partial charge in [0.2, 0.25) is 0 Å². The summed E-state index contributed by atoms with van der Waals surface area (Å²) in [4.78, 5) is 24.9. The Morgan fingerprint density at radius 2 is 2.00 bits per heavy atom. The van der Waals surface area contributed by atoms with Gasteiger partial charge >= 0.3 is 5.97 Å². The smallest absolute Gasteiger partial charge is 0.328 e. The minimum atomic E-state index is -1.13. The number of amides is 1. The number of carboxylic acids is 1. The number of halogens is 1. The molecule has 0 saturated carbocycles. The standard InChI is InChI=1S/C17H16FNO6/c18-11-1-3-12(4-2-11)24-9-13-5-6-15(25-13)16(20)19-7-8-23-10-14(19)17(21)22/h1-6,14H,7-10H2,(H,21,22)/t14-/m1/s1. The highest BCUT2D eigenvalue weighted by Crippen LogP contribution is 2.18. The van der Waals surface area contributed by atoms with Crippen molar-refractivity contribution in [3.63, 3.8) is 0 Å². The van der Waals surface area contributed by atoms with Crippen LogP contribution in [0.15, 0.2) is 40.8 Å². The van der Waals surface area contributed by atoms with Crippen LogP contribution in [0.1, 0.15) is 16.3 Å². The highest BCUT2D eigenvalue weighted by molar-refractivity contribution is 5.94. The fourth-order valence-electron chi connectivity index (χ4n) is 2.45. The van der Waals surface area contributed by atoms with Gasteiger partial charge in [0, 0.05) is 6.54 Å². The van der Waals surface area contributed by atoms with E-state index in [2.05, 4.69) is 0 Å². The van der Waals surface area contributed by atoms with Gasteiger partial charge in [-0.2, -0.15) is 0 Å². The summed E-state index contributed by atoms with van der Waals surface area (Å²) in [5.41, 5.74) is 0. The second-order valence-corrected chi connectivity index (χ2v) is 5.44. The van der Waals surface area contributed by atoms with Crippen LogP contribution >= 0.6 is 0 Å². The summed E-state index contributed by atoms with van der Waals surface area (Å²) in [6.07, 6.45) is 0. The van der Waals surface area contributed by atoms with E-state index in [4.69, 9.17) is 13.9 Å². The second-order valence-electron chi connectivity index (χ2n) is 5.44. The number of ether oxygens (including phenoxy) is 2. The molecule has 1 N–H and O–H groups in total. The quantitative estimate of drug-likeness (QED) is 0.887. The molecule has 25 heavy (non-hydrogen) atoms. The molecule has 0 unspecified atom stereocenters. The van der Waals surface area contributed by atoms with Gasteiger partial charge < -0.3 is 23.9 Å². The van der Waals surface area contributed by atoms with E-state index < -0.39 is 17.9 Å². The normalized spacial score (nSPS) is 17.3. The fourth-order valence-corrected chi connectivity index (χ4v) is 2.45. The van der Waals surface area contributed by atoms with Crippen molar-refractivity contribution in [2.45, 2.75) is 12.6 Å².